The second kappa shape index (κ2) is 9.07. The van der Waals surface area contributed by atoms with E-state index in [0.717, 1.165) is 37.1 Å². The maximum Gasteiger partial charge on any atom is 0.156 e. The van der Waals surface area contributed by atoms with Gasteiger partial charge in [-0.2, -0.15) is 0 Å². The van der Waals surface area contributed by atoms with Crippen LogP contribution in [0.3, 0.4) is 0 Å². The molecule has 0 bridgehead atoms. The summed E-state index contributed by atoms with van der Waals surface area (Å²) in [6.45, 7) is 4.86. The lowest BCUT2D eigenvalue weighted by atomic mass is 10.1. The number of ether oxygens (including phenoxy) is 1. The zero-order chi connectivity index (χ0) is 22.8. The largest absolute Gasteiger partial charge is 0.494 e. The first-order valence-corrected chi connectivity index (χ1v) is 11.1. The summed E-state index contributed by atoms with van der Waals surface area (Å²) < 4.78 is 21.7. The maximum absolute atomic E-state index is 14.7. The van der Waals surface area contributed by atoms with Crippen LogP contribution >= 0.6 is 0 Å². The highest BCUT2D eigenvalue weighted by atomic mass is 19.1. The quantitative estimate of drug-likeness (QED) is 0.484. The molecule has 1 aliphatic heterocycles. The lowest BCUT2D eigenvalue weighted by Crippen LogP contribution is -2.44. The summed E-state index contributed by atoms with van der Waals surface area (Å²) in [6, 6.07) is 15.2. The van der Waals surface area contributed by atoms with Gasteiger partial charge >= 0.3 is 0 Å². The number of fused-ring (bicyclic) bond motifs is 1. The average Bonchev–Trinajstić information content (AvgIpc) is 3.21. The summed E-state index contributed by atoms with van der Waals surface area (Å²) in [5.74, 6) is 0.670. The number of benzene rings is 2. The monoisotopic (exact) mass is 446 g/mol. The molecule has 170 valence electrons. The number of para-hydroxylation sites is 1. The van der Waals surface area contributed by atoms with Gasteiger partial charge in [0.15, 0.2) is 11.6 Å². The topological polar surface area (TPSA) is 58.5 Å². The van der Waals surface area contributed by atoms with Crippen molar-refractivity contribution in [2.75, 3.05) is 50.6 Å². The Kier molecular flexibility index (Phi) is 5.83. The summed E-state index contributed by atoms with van der Waals surface area (Å²) in [5, 5.41) is 8.95. The van der Waals surface area contributed by atoms with Crippen molar-refractivity contribution in [1.29, 1.82) is 0 Å². The summed E-state index contributed by atoms with van der Waals surface area (Å²) in [5.41, 5.74) is 3.36. The molecule has 7 nitrogen and oxygen atoms in total. The Balaban J connectivity index is 1.38. The fourth-order valence-corrected chi connectivity index (χ4v) is 4.20. The van der Waals surface area contributed by atoms with Crippen LogP contribution in [0, 0.1) is 5.82 Å². The molecule has 1 N–H and O–H groups in total. The number of halogens is 1. The van der Waals surface area contributed by atoms with Gasteiger partial charge in [0.25, 0.3) is 0 Å². The molecule has 5 rings (SSSR count). The van der Waals surface area contributed by atoms with Gasteiger partial charge in [-0.15, -0.1) is 5.10 Å². The first-order chi connectivity index (χ1) is 16.1. The third kappa shape index (κ3) is 4.21. The van der Waals surface area contributed by atoms with Crippen LogP contribution in [0.1, 0.15) is 5.56 Å². The molecular weight excluding hydrogens is 419 g/mol. The molecule has 1 saturated heterocycles. The Bertz CT molecular complexity index is 1250. The van der Waals surface area contributed by atoms with Crippen molar-refractivity contribution in [2.24, 2.45) is 0 Å². The molecule has 33 heavy (non-hydrogen) atoms. The SMILES string of the molecule is COc1cccc(F)c1-n1nc(NCc2ccc(N3CCN(C)CC3)cc2)c2ccncc21. The molecule has 4 aromatic rings. The van der Waals surface area contributed by atoms with Gasteiger partial charge in [0.05, 0.1) is 18.8 Å². The molecular formula is C25H27FN6O. The predicted octanol–water partition coefficient (Wildman–Crippen LogP) is 3.93. The number of rotatable bonds is 6. The van der Waals surface area contributed by atoms with Gasteiger partial charge in [0, 0.05) is 50.0 Å². The molecule has 1 aliphatic rings. The van der Waals surface area contributed by atoms with Gasteiger partial charge in [0.1, 0.15) is 11.4 Å². The summed E-state index contributed by atoms with van der Waals surface area (Å²) in [6.07, 6.45) is 3.40. The van der Waals surface area contributed by atoms with E-state index in [9.17, 15) is 4.39 Å². The highest BCUT2D eigenvalue weighted by Gasteiger charge is 2.18. The van der Waals surface area contributed by atoms with Crippen LogP contribution in [0.4, 0.5) is 15.9 Å². The number of aromatic nitrogens is 3. The van der Waals surface area contributed by atoms with Crippen molar-refractivity contribution in [2.45, 2.75) is 6.54 Å². The molecule has 2 aromatic carbocycles. The minimum atomic E-state index is -0.409. The predicted molar refractivity (Wildman–Crippen MR) is 129 cm³/mol. The number of nitrogens with zero attached hydrogens (tertiary/aromatic N) is 5. The minimum absolute atomic E-state index is 0.266. The van der Waals surface area contributed by atoms with Crippen LogP contribution in [-0.2, 0) is 6.54 Å². The maximum atomic E-state index is 14.7. The third-order valence-electron chi connectivity index (χ3n) is 6.13. The second-order valence-electron chi connectivity index (χ2n) is 8.25. The van der Waals surface area contributed by atoms with Crippen molar-refractivity contribution >= 4 is 22.4 Å². The van der Waals surface area contributed by atoms with Crippen LogP contribution in [0.2, 0.25) is 0 Å². The summed E-state index contributed by atoms with van der Waals surface area (Å²) >= 11 is 0. The first kappa shape index (κ1) is 21.2. The van der Waals surface area contributed by atoms with Gasteiger partial charge in [-0.1, -0.05) is 18.2 Å². The highest BCUT2D eigenvalue weighted by molar-refractivity contribution is 5.91. The summed E-state index contributed by atoms with van der Waals surface area (Å²) in [4.78, 5) is 8.98. The number of hydrogen-bond donors (Lipinski definition) is 1. The molecule has 0 unspecified atom stereocenters. The number of methoxy groups -OCH3 is 1. The van der Waals surface area contributed by atoms with Crippen molar-refractivity contribution in [1.82, 2.24) is 19.7 Å². The van der Waals surface area contributed by atoms with Crippen LogP contribution < -0.4 is 15.0 Å². The fraction of sp³-hybridized carbons (Fsp3) is 0.280. The number of anilines is 2. The van der Waals surface area contributed by atoms with Crippen molar-refractivity contribution in [3.8, 4) is 11.4 Å². The molecule has 0 aliphatic carbocycles. The van der Waals surface area contributed by atoms with Gasteiger partial charge in [-0.05, 0) is 42.9 Å². The third-order valence-corrected chi connectivity index (χ3v) is 6.13. The molecule has 0 spiro atoms. The zero-order valence-corrected chi connectivity index (χ0v) is 18.8. The normalized spacial score (nSPS) is 14.6. The summed E-state index contributed by atoms with van der Waals surface area (Å²) in [7, 11) is 3.68. The Hall–Kier alpha value is -3.65. The smallest absolute Gasteiger partial charge is 0.156 e. The lowest BCUT2D eigenvalue weighted by molar-refractivity contribution is 0.313. The molecule has 2 aromatic heterocycles. The Morgan fingerprint density at radius 1 is 1.03 bits per heavy atom. The van der Waals surface area contributed by atoms with E-state index in [-0.39, 0.29) is 5.69 Å². The van der Waals surface area contributed by atoms with Crippen LogP contribution in [-0.4, -0.2) is 60.0 Å². The van der Waals surface area contributed by atoms with Crippen LogP contribution in [0.25, 0.3) is 16.6 Å². The van der Waals surface area contributed by atoms with Gasteiger partial charge in [-0.25, -0.2) is 9.07 Å². The van der Waals surface area contributed by atoms with E-state index >= 15 is 0 Å². The van der Waals surface area contributed by atoms with Gasteiger partial charge in [-0.3, -0.25) is 4.98 Å². The Morgan fingerprint density at radius 2 is 1.82 bits per heavy atom. The van der Waals surface area contributed by atoms with E-state index in [1.165, 1.54) is 18.9 Å². The van der Waals surface area contributed by atoms with E-state index in [4.69, 9.17) is 4.74 Å². The van der Waals surface area contributed by atoms with E-state index in [2.05, 4.69) is 56.5 Å². The van der Waals surface area contributed by atoms with Gasteiger partial charge < -0.3 is 19.9 Å². The Morgan fingerprint density at radius 3 is 2.58 bits per heavy atom. The number of piperazine rings is 1. The molecule has 1 fully saturated rings. The van der Waals surface area contributed by atoms with Gasteiger partial charge in [0.2, 0.25) is 0 Å². The van der Waals surface area contributed by atoms with E-state index in [1.54, 1.807) is 29.2 Å². The Labute approximate surface area is 192 Å². The van der Waals surface area contributed by atoms with Crippen LogP contribution in [0.15, 0.2) is 60.9 Å². The first-order valence-electron chi connectivity index (χ1n) is 11.1. The van der Waals surface area contributed by atoms with E-state index in [0.29, 0.717) is 23.6 Å². The molecule has 0 amide bonds. The van der Waals surface area contributed by atoms with Crippen LogP contribution in [0.5, 0.6) is 5.75 Å². The lowest BCUT2D eigenvalue weighted by Gasteiger charge is -2.34. The van der Waals surface area contributed by atoms with E-state index in [1.807, 2.05) is 6.07 Å². The molecule has 3 heterocycles. The minimum Gasteiger partial charge on any atom is -0.494 e. The van der Waals surface area contributed by atoms with Crippen molar-refractivity contribution in [3.05, 3.63) is 72.3 Å². The van der Waals surface area contributed by atoms with E-state index < -0.39 is 5.82 Å². The average molecular weight is 447 g/mol. The second-order valence-corrected chi connectivity index (χ2v) is 8.25. The highest BCUT2D eigenvalue weighted by Crippen LogP contribution is 2.31. The molecule has 8 heteroatoms. The zero-order valence-electron chi connectivity index (χ0n) is 18.8. The number of likely N-dealkylation sites (N-methyl/N-ethyl adjacent to an activating group) is 1. The molecule has 0 atom stereocenters. The molecule has 0 saturated carbocycles. The number of nitrogens with one attached hydrogen (secondary N) is 1. The standard InChI is InChI=1S/C25H27FN6O/c1-30-12-14-31(15-13-30)19-8-6-18(7-9-19)16-28-25-20-10-11-27-17-22(20)32(29-25)24-21(26)4-3-5-23(24)33-2/h3-11,17H,12-16H2,1-2H3,(H,28,29). The molecule has 0 radical (unpaired) electrons. The number of pyridine rings is 1. The van der Waals surface area contributed by atoms with Crippen molar-refractivity contribution in [3.63, 3.8) is 0 Å². The fourth-order valence-electron chi connectivity index (χ4n) is 4.20. The number of hydrogen-bond acceptors (Lipinski definition) is 6. The van der Waals surface area contributed by atoms with Crippen molar-refractivity contribution < 1.29 is 9.13 Å².